The maximum Gasteiger partial charge on any atom is 0.306 e. The molecule has 2 unspecified atom stereocenters. The van der Waals surface area contributed by atoms with E-state index in [1.807, 2.05) is 6.08 Å². The van der Waals surface area contributed by atoms with Crippen molar-refractivity contribution in [3.63, 3.8) is 0 Å². The molecule has 0 aromatic rings. The molecule has 1 rings (SSSR count). The van der Waals surface area contributed by atoms with Crippen LogP contribution in [0.3, 0.4) is 0 Å². The Morgan fingerprint density at radius 1 is 0.544 bits per heavy atom. The Bertz CT molecular complexity index is 1070. The van der Waals surface area contributed by atoms with E-state index in [0.717, 1.165) is 38.5 Å². The molecule has 0 amide bonds. The summed E-state index contributed by atoms with van der Waals surface area (Å²) in [5, 5.41) is 40.0. The second kappa shape index (κ2) is 37.9. The van der Waals surface area contributed by atoms with Crippen molar-refractivity contribution >= 4 is 11.9 Å². The Morgan fingerprint density at radius 3 is 1.56 bits per heavy atom. The van der Waals surface area contributed by atoms with Crippen LogP contribution in [0.5, 0.6) is 0 Å². The van der Waals surface area contributed by atoms with E-state index in [1.165, 1.54) is 103 Å². The number of allylic oxidation sites excluding steroid dienone is 8. The fraction of sp³-hybridized carbons (Fsp3) is 0.787. The zero-order chi connectivity index (χ0) is 41.6. The van der Waals surface area contributed by atoms with Gasteiger partial charge in [-0.2, -0.15) is 0 Å². The highest BCUT2D eigenvalue weighted by Gasteiger charge is 2.44. The third kappa shape index (κ3) is 29.5. The normalized spacial score (nSPS) is 20.7. The molecule has 330 valence electrons. The predicted octanol–water partition coefficient (Wildman–Crippen LogP) is 9.67. The van der Waals surface area contributed by atoms with Crippen LogP contribution in [0.25, 0.3) is 0 Å². The highest BCUT2D eigenvalue weighted by Crippen LogP contribution is 2.22. The molecule has 0 aliphatic carbocycles. The van der Waals surface area contributed by atoms with E-state index in [1.54, 1.807) is 0 Å². The molecule has 6 atom stereocenters. The van der Waals surface area contributed by atoms with Crippen molar-refractivity contribution in [1.82, 2.24) is 0 Å². The number of rotatable bonds is 37. The van der Waals surface area contributed by atoms with E-state index >= 15 is 0 Å². The largest absolute Gasteiger partial charge is 0.462 e. The molecular weight excluding hydrogens is 725 g/mol. The first-order valence-corrected chi connectivity index (χ1v) is 22.7. The molecule has 1 heterocycles. The van der Waals surface area contributed by atoms with E-state index in [0.29, 0.717) is 12.8 Å². The average molecular weight is 807 g/mol. The highest BCUT2D eigenvalue weighted by molar-refractivity contribution is 5.70. The molecule has 0 bridgehead atoms. The van der Waals surface area contributed by atoms with Gasteiger partial charge < -0.3 is 39.4 Å². The first kappa shape index (κ1) is 52.7. The van der Waals surface area contributed by atoms with E-state index in [-0.39, 0.29) is 26.1 Å². The van der Waals surface area contributed by atoms with Crippen molar-refractivity contribution in [3.8, 4) is 0 Å². The summed E-state index contributed by atoms with van der Waals surface area (Å²) in [5.74, 6) is -0.925. The second-order valence-corrected chi connectivity index (χ2v) is 15.5. The third-order valence-corrected chi connectivity index (χ3v) is 10.2. The number of aliphatic hydroxyl groups is 4. The lowest BCUT2D eigenvalue weighted by Crippen LogP contribution is -2.59. The van der Waals surface area contributed by atoms with Gasteiger partial charge in [0.15, 0.2) is 12.4 Å². The molecule has 0 aromatic carbocycles. The lowest BCUT2D eigenvalue weighted by molar-refractivity contribution is -0.305. The van der Waals surface area contributed by atoms with Crippen molar-refractivity contribution < 1.29 is 49.0 Å². The summed E-state index contributed by atoms with van der Waals surface area (Å²) in [4.78, 5) is 25.3. The Morgan fingerprint density at radius 2 is 1.02 bits per heavy atom. The van der Waals surface area contributed by atoms with Gasteiger partial charge in [0, 0.05) is 12.8 Å². The Hall–Kier alpha value is -2.34. The van der Waals surface area contributed by atoms with Gasteiger partial charge in [-0.25, -0.2) is 0 Å². The molecule has 4 N–H and O–H groups in total. The van der Waals surface area contributed by atoms with Crippen LogP contribution in [-0.4, -0.2) is 89.0 Å². The van der Waals surface area contributed by atoms with Crippen LogP contribution < -0.4 is 0 Å². The summed E-state index contributed by atoms with van der Waals surface area (Å²) >= 11 is 0. The van der Waals surface area contributed by atoms with Crippen LogP contribution in [0.15, 0.2) is 48.6 Å². The van der Waals surface area contributed by atoms with Crippen LogP contribution in [0, 0.1) is 0 Å². The summed E-state index contributed by atoms with van der Waals surface area (Å²) in [6, 6.07) is 0. The summed E-state index contributed by atoms with van der Waals surface area (Å²) < 4.78 is 22.0. The van der Waals surface area contributed by atoms with E-state index in [4.69, 9.17) is 18.9 Å². The van der Waals surface area contributed by atoms with Gasteiger partial charge >= 0.3 is 11.9 Å². The van der Waals surface area contributed by atoms with Gasteiger partial charge in [-0.05, 0) is 57.8 Å². The fourth-order valence-electron chi connectivity index (χ4n) is 6.57. The molecule has 0 radical (unpaired) electrons. The first-order chi connectivity index (χ1) is 27.8. The summed E-state index contributed by atoms with van der Waals surface area (Å²) in [7, 11) is 0. The van der Waals surface area contributed by atoms with Gasteiger partial charge in [0.05, 0.1) is 13.2 Å². The number of hydrogen-bond acceptors (Lipinski definition) is 10. The van der Waals surface area contributed by atoms with Gasteiger partial charge in [-0.1, -0.05) is 159 Å². The van der Waals surface area contributed by atoms with Gasteiger partial charge in [0.25, 0.3) is 0 Å². The standard InChI is InChI=1S/C47H82O10/c1-3-5-7-9-11-13-15-17-19-20-22-23-25-27-29-31-33-35-42(49)54-38-40(39-55-47-46(53)45(52)44(51)41(37-48)57-47)56-43(50)36-34-32-30-28-26-24-21-18-16-14-12-10-8-6-4-2/h17,19,22-23,27,29-30,32,40-41,44-48,51-53H,3-16,18,20-21,24-26,28,31,33-39H2,1-2H3/b19-17+,23-22+,29-27+,32-30+/t40-,41-,44+,45?,46?,47-/m0/s1. The highest BCUT2D eigenvalue weighted by atomic mass is 16.7. The quantitative estimate of drug-likeness (QED) is 0.0271. The van der Waals surface area contributed by atoms with Gasteiger partial charge in [-0.15, -0.1) is 0 Å². The van der Waals surface area contributed by atoms with Crippen LogP contribution in [0.1, 0.15) is 181 Å². The smallest absolute Gasteiger partial charge is 0.306 e. The minimum Gasteiger partial charge on any atom is -0.462 e. The fourth-order valence-corrected chi connectivity index (χ4v) is 6.57. The third-order valence-electron chi connectivity index (χ3n) is 10.2. The predicted molar refractivity (Wildman–Crippen MR) is 229 cm³/mol. The number of carbonyl (C=O) groups excluding carboxylic acids is 2. The van der Waals surface area contributed by atoms with Crippen molar-refractivity contribution in [2.45, 2.75) is 218 Å². The minimum atomic E-state index is -1.61. The molecular formula is C47H82O10. The molecule has 10 heteroatoms. The second-order valence-electron chi connectivity index (χ2n) is 15.5. The molecule has 1 fully saturated rings. The number of unbranched alkanes of at least 4 members (excludes halogenated alkanes) is 18. The van der Waals surface area contributed by atoms with Crippen molar-refractivity contribution in [2.24, 2.45) is 0 Å². The van der Waals surface area contributed by atoms with E-state index < -0.39 is 55.4 Å². The van der Waals surface area contributed by atoms with Gasteiger partial charge in [0.2, 0.25) is 0 Å². The topological polar surface area (TPSA) is 152 Å². The number of ether oxygens (including phenoxy) is 4. The Balaban J connectivity index is 2.39. The molecule has 1 aliphatic heterocycles. The van der Waals surface area contributed by atoms with Gasteiger partial charge in [0.1, 0.15) is 31.0 Å². The minimum absolute atomic E-state index is 0.136. The molecule has 1 saturated heterocycles. The lowest BCUT2D eigenvalue weighted by atomic mass is 9.99. The Kier molecular flexibility index (Phi) is 35.0. The molecule has 57 heavy (non-hydrogen) atoms. The molecule has 0 saturated carbocycles. The lowest BCUT2D eigenvalue weighted by Gasteiger charge is -2.39. The first-order valence-electron chi connectivity index (χ1n) is 22.7. The van der Waals surface area contributed by atoms with E-state index in [9.17, 15) is 30.0 Å². The van der Waals surface area contributed by atoms with Crippen LogP contribution >= 0.6 is 0 Å². The maximum absolute atomic E-state index is 12.7. The van der Waals surface area contributed by atoms with Crippen molar-refractivity contribution in [1.29, 1.82) is 0 Å². The summed E-state index contributed by atoms with van der Waals surface area (Å²) in [6.07, 6.45) is 37.1. The monoisotopic (exact) mass is 807 g/mol. The van der Waals surface area contributed by atoms with Crippen LogP contribution in [-0.2, 0) is 28.5 Å². The Labute approximate surface area is 346 Å². The SMILES string of the molecule is CCCCCCCC/C=C/C/C=C/C/C=C/CCCC(=O)OC[C@@H](CO[C@H]1O[C@@H](CO)[C@@H](O)C(O)C1O)OC(=O)CC/C=C/CCCCCCCCCCCCC. The zero-order valence-electron chi connectivity index (χ0n) is 35.8. The molecule has 1 aliphatic rings. The number of aliphatic hydroxyl groups excluding tert-OH is 4. The summed E-state index contributed by atoms with van der Waals surface area (Å²) in [5.41, 5.74) is 0. The van der Waals surface area contributed by atoms with Crippen LogP contribution in [0.2, 0.25) is 0 Å². The van der Waals surface area contributed by atoms with Crippen molar-refractivity contribution in [2.75, 3.05) is 19.8 Å². The number of esters is 2. The zero-order valence-corrected chi connectivity index (χ0v) is 35.8. The summed E-state index contributed by atoms with van der Waals surface area (Å²) in [6.45, 7) is 3.33. The van der Waals surface area contributed by atoms with Crippen molar-refractivity contribution in [3.05, 3.63) is 48.6 Å². The van der Waals surface area contributed by atoms with Crippen LogP contribution in [0.4, 0.5) is 0 Å². The average Bonchev–Trinajstić information content (AvgIpc) is 3.21. The molecule has 0 aromatic heterocycles. The number of carbonyl (C=O) groups is 2. The maximum atomic E-state index is 12.7. The molecule has 10 nitrogen and oxygen atoms in total. The number of hydrogen-bond donors (Lipinski definition) is 4. The van der Waals surface area contributed by atoms with E-state index in [2.05, 4.69) is 56.4 Å². The molecule has 0 spiro atoms. The van der Waals surface area contributed by atoms with Gasteiger partial charge in [-0.3, -0.25) is 9.59 Å².